The number of aryl methyl sites for hydroxylation is 1. The van der Waals surface area contributed by atoms with Gasteiger partial charge in [-0.25, -0.2) is 4.79 Å². The third-order valence-corrected chi connectivity index (χ3v) is 3.80. The van der Waals surface area contributed by atoms with Crippen LogP contribution in [0.2, 0.25) is 0 Å². The molecular weight excluding hydrogens is 240 g/mol. The van der Waals surface area contributed by atoms with Crippen molar-refractivity contribution in [2.75, 3.05) is 6.61 Å². The van der Waals surface area contributed by atoms with Crippen LogP contribution in [0.1, 0.15) is 39.2 Å². The molecule has 1 aliphatic heterocycles. The molecular formula is C16H22O3. The summed E-state index contributed by atoms with van der Waals surface area (Å²) >= 11 is 0. The summed E-state index contributed by atoms with van der Waals surface area (Å²) in [5, 5.41) is 0. The molecule has 1 atom stereocenters. The Kier molecular flexibility index (Phi) is 3.95. The van der Waals surface area contributed by atoms with Crippen molar-refractivity contribution in [3.8, 4) is 0 Å². The Bertz CT molecular complexity index is 439. The molecule has 1 aromatic carbocycles. The number of epoxide rings is 1. The number of hydrogen-bond acceptors (Lipinski definition) is 3. The molecule has 0 saturated carbocycles. The summed E-state index contributed by atoms with van der Waals surface area (Å²) in [5.41, 5.74) is 0.174. The minimum Gasteiger partial charge on any atom is -0.464 e. The molecule has 1 aliphatic rings. The third kappa shape index (κ3) is 2.81. The maximum atomic E-state index is 12.0. The van der Waals surface area contributed by atoms with Crippen molar-refractivity contribution >= 4 is 5.97 Å². The van der Waals surface area contributed by atoms with E-state index in [4.69, 9.17) is 9.47 Å². The van der Waals surface area contributed by atoms with Crippen molar-refractivity contribution in [2.45, 2.75) is 51.2 Å². The molecule has 0 N–H and O–H groups in total. The average Bonchev–Trinajstić information content (AvgIpc) is 2.94. The van der Waals surface area contributed by atoms with E-state index in [-0.39, 0.29) is 5.97 Å². The van der Waals surface area contributed by atoms with E-state index < -0.39 is 11.2 Å². The fourth-order valence-electron chi connectivity index (χ4n) is 2.59. The first-order chi connectivity index (χ1) is 9.02. The van der Waals surface area contributed by atoms with Crippen molar-refractivity contribution in [3.63, 3.8) is 0 Å². The molecule has 0 spiro atoms. The van der Waals surface area contributed by atoms with Gasteiger partial charge in [0.1, 0.15) is 5.60 Å². The summed E-state index contributed by atoms with van der Waals surface area (Å²) in [5.74, 6) is -0.215. The summed E-state index contributed by atoms with van der Waals surface area (Å²) in [6.07, 6.45) is 2.60. The van der Waals surface area contributed by atoms with E-state index >= 15 is 0 Å². The molecule has 0 amide bonds. The lowest BCUT2D eigenvalue weighted by Crippen LogP contribution is -2.33. The van der Waals surface area contributed by atoms with Gasteiger partial charge in [-0.15, -0.1) is 0 Å². The highest BCUT2D eigenvalue weighted by Gasteiger charge is 2.69. The smallest absolute Gasteiger partial charge is 0.341 e. The van der Waals surface area contributed by atoms with Crippen molar-refractivity contribution in [1.29, 1.82) is 0 Å². The van der Waals surface area contributed by atoms with Gasteiger partial charge in [0.25, 0.3) is 0 Å². The van der Waals surface area contributed by atoms with Crippen LogP contribution in [0.5, 0.6) is 0 Å². The van der Waals surface area contributed by atoms with Crippen LogP contribution in [0.25, 0.3) is 0 Å². The van der Waals surface area contributed by atoms with Crippen molar-refractivity contribution < 1.29 is 14.3 Å². The normalized spacial score (nSPS) is 23.9. The molecule has 2 rings (SSSR count). The highest BCUT2D eigenvalue weighted by Crippen LogP contribution is 2.51. The maximum absolute atomic E-state index is 12.0. The molecule has 3 heteroatoms. The first-order valence-corrected chi connectivity index (χ1v) is 6.93. The lowest BCUT2D eigenvalue weighted by Gasteiger charge is -2.13. The molecule has 1 fully saturated rings. The van der Waals surface area contributed by atoms with Crippen LogP contribution in [0, 0.1) is 0 Å². The summed E-state index contributed by atoms with van der Waals surface area (Å²) < 4.78 is 10.8. The van der Waals surface area contributed by atoms with Crippen molar-refractivity contribution in [1.82, 2.24) is 0 Å². The standard InChI is InChI=1S/C16H22O3/c1-4-18-14(17)16(15(2,3)19-16)12-8-11-13-9-6-5-7-10-13/h5-7,9-10H,4,8,11-12H2,1-3H3/t16-/m0/s1. The minimum atomic E-state index is -0.724. The van der Waals surface area contributed by atoms with Gasteiger partial charge in [-0.05, 0) is 45.6 Å². The van der Waals surface area contributed by atoms with Crippen LogP contribution in [-0.4, -0.2) is 23.8 Å². The van der Waals surface area contributed by atoms with Gasteiger partial charge in [0.15, 0.2) is 5.60 Å². The van der Waals surface area contributed by atoms with E-state index in [9.17, 15) is 4.79 Å². The fraction of sp³-hybridized carbons (Fsp3) is 0.562. The largest absolute Gasteiger partial charge is 0.464 e. The van der Waals surface area contributed by atoms with Crippen LogP contribution in [-0.2, 0) is 20.7 Å². The van der Waals surface area contributed by atoms with E-state index in [1.807, 2.05) is 39.0 Å². The lowest BCUT2D eigenvalue weighted by molar-refractivity contribution is -0.149. The van der Waals surface area contributed by atoms with Gasteiger partial charge in [0, 0.05) is 0 Å². The molecule has 19 heavy (non-hydrogen) atoms. The summed E-state index contributed by atoms with van der Waals surface area (Å²) in [6.45, 7) is 6.13. The van der Waals surface area contributed by atoms with E-state index in [0.717, 1.165) is 12.8 Å². The minimum absolute atomic E-state index is 0.215. The third-order valence-electron chi connectivity index (χ3n) is 3.80. The molecule has 1 heterocycles. The highest BCUT2D eigenvalue weighted by molar-refractivity contribution is 5.84. The first-order valence-electron chi connectivity index (χ1n) is 6.93. The zero-order valence-corrected chi connectivity index (χ0v) is 11.9. The van der Waals surface area contributed by atoms with Crippen LogP contribution in [0.15, 0.2) is 30.3 Å². The number of ether oxygens (including phenoxy) is 2. The van der Waals surface area contributed by atoms with Crippen LogP contribution < -0.4 is 0 Å². The van der Waals surface area contributed by atoms with Gasteiger partial charge in [-0.2, -0.15) is 0 Å². The molecule has 1 saturated heterocycles. The number of esters is 1. The first kappa shape index (κ1) is 14.1. The van der Waals surface area contributed by atoms with E-state index in [1.165, 1.54) is 5.56 Å². The molecule has 0 radical (unpaired) electrons. The number of carbonyl (C=O) groups excluding carboxylic acids is 1. The second kappa shape index (κ2) is 5.33. The second-order valence-electron chi connectivity index (χ2n) is 5.50. The molecule has 0 aromatic heterocycles. The summed E-state index contributed by atoms with van der Waals surface area (Å²) in [4.78, 5) is 12.0. The van der Waals surface area contributed by atoms with Crippen LogP contribution >= 0.6 is 0 Å². The zero-order chi connectivity index (χ0) is 13.9. The molecule has 0 bridgehead atoms. The lowest BCUT2D eigenvalue weighted by atomic mass is 9.90. The van der Waals surface area contributed by atoms with Gasteiger partial charge in [0.2, 0.25) is 0 Å². The zero-order valence-electron chi connectivity index (χ0n) is 11.9. The average molecular weight is 262 g/mol. The van der Waals surface area contributed by atoms with E-state index in [0.29, 0.717) is 13.0 Å². The Morgan fingerprint density at radius 3 is 2.42 bits per heavy atom. The Hall–Kier alpha value is -1.35. The number of hydrogen-bond donors (Lipinski definition) is 0. The van der Waals surface area contributed by atoms with Gasteiger partial charge in [0.05, 0.1) is 6.61 Å². The van der Waals surface area contributed by atoms with Gasteiger partial charge in [-0.3, -0.25) is 0 Å². The Morgan fingerprint density at radius 2 is 1.89 bits per heavy atom. The van der Waals surface area contributed by atoms with Crippen LogP contribution in [0.4, 0.5) is 0 Å². The number of rotatable bonds is 6. The second-order valence-corrected chi connectivity index (χ2v) is 5.50. The molecule has 104 valence electrons. The number of carbonyl (C=O) groups is 1. The van der Waals surface area contributed by atoms with Crippen LogP contribution in [0.3, 0.4) is 0 Å². The molecule has 1 aromatic rings. The highest BCUT2D eigenvalue weighted by atomic mass is 16.7. The van der Waals surface area contributed by atoms with E-state index in [1.54, 1.807) is 0 Å². The quantitative estimate of drug-likeness (QED) is 0.584. The van der Waals surface area contributed by atoms with Gasteiger partial charge in [-0.1, -0.05) is 30.3 Å². The number of benzene rings is 1. The predicted octanol–water partition coefficient (Wildman–Crippen LogP) is 3.12. The van der Waals surface area contributed by atoms with Gasteiger partial charge >= 0.3 is 5.97 Å². The van der Waals surface area contributed by atoms with E-state index in [2.05, 4.69) is 12.1 Å². The molecule has 0 unspecified atom stereocenters. The fourth-order valence-corrected chi connectivity index (χ4v) is 2.59. The molecule has 0 aliphatic carbocycles. The van der Waals surface area contributed by atoms with Crippen molar-refractivity contribution in [2.24, 2.45) is 0 Å². The Labute approximate surface area is 114 Å². The maximum Gasteiger partial charge on any atom is 0.341 e. The predicted molar refractivity (Wildman–Crippen MR) is 73.9 cm³/mol. The SMILES string of the molecule is CCOC(=O)[C@]1(CCCc2ccccc2)OC1(C)C. The van der Waals surface area contributed by atoms with Gasteiger partial charge < -0.3 is 9.47 Å². The monoisotopic (exact) mass is 262 g/mol. The Morgan fingerprint density at radius 1 is 1.26 bits per heavy atom. The van der Waals surface area contributed by atoms with Crippen molar-refractivity contribution in [3.05, 3.63) is 35.9 Å². The Balaban J connectivity index is 1.91. The molecule has 3 nitrogen and oxygen atoms in total. The topological polar surface area (TPSA) is 38.8 Å². The summed E-state index contributed by atoms with van der Waals surface area (Å²) in [7, 11) is 0. The summed E-state index contributed by atoms with van der Waals surface area (Å²) in [6, 6.07) is 10.3.